The van der Waals surface area contributed by atoms with Crippen molar-refractivity contribution in [1.29, 1.82) is 0 Å². The highest BCUT2D eigenvalue weighted by Gasteiger charge is 2.55. The highest BCUT2D eigenvalue weighted by Crippen LogP contribution is 2.50. The SMILES string of the molecule is CCOc1nc(N)nc2c1ncn2[C@@H]1O[C@H](COP(=O)(NCc2ccccc2)OC(C)c2ccccc2)[C@@H](O)C1(C)N=[N+]=[N-]. The first kappa shape index (κ1) is 31.4. The molecule has 0 saturated carbocycles. The monoisotopic (exact) mass is 623 g/mol. The Morgan fingerprint density at radius 3 is 2.61 bits per heavy atom. The number of azide groups is 1. The molecular weight excluding hydrogens is 589 g/mol. The average Bonchev–Trinajstić information content (AvgIpc) is 3.54. The Hall–Kier alpha value is -4.07. The van der Waals surface area contributed by atoms with Crippen LogP contribution < -0.4 is 15.6 Å². The van der Waals surface area contributed by atoms with E-state index < -0.39 is 37.8 Å². The summed E-state index contributed by atoms with van der Waals surface area (Å²) in [7, 11) is -4.00. The van der Waals surface area contributed by atoms with E-state index >= 15 is 0 Å². The van der Waals surface area contributed by atoms with E-state index in [4.69, 9.17) is 24.3 Å². The number of nitrogens with one attached hydrogen (secondary N) is 1. The lowest BCUT2D eigenvalue weighted by molar-refractivity contribution is -0.0443. The third-order valence-electron chi connectivity index (χ3n) is 7.25. The van der Waals surface area contributed by atoms with Gasteiger partial charge in [-0.1, -0.05) is 65.8 Å². The molecule has 4 aromatic rings. The first-order valence-electron chi connectivity index (χ1n) is 14.0. The van der Waals surface area contributed by atoms with Crippen molar-refractivity contribution in [2.24, 2.45) is 5.11 Å². The zero-order valence-corrected chi connectivity index (χ0v) is 25.3. The fourth-order valence-corrected chi connectivity index (χ4v) is 6.44. The predicted octanol–water partition coefficient (Wildman–Crippen LogP) is 4.83. The zero-order chi connectivity index (χ0) is 31.3. The smallest absolute Gasteiger partial charge is 0.406 e. The van der Waals surface area contributed by atoms with Crippen molar-refractivity contribution in [3.63, 3.8) is 0 Å². The van der Waals surface area contributed by atoms with Crippen LogP contribution in [0.25, 0.3) is 21.6 Å². The number of hydrogen-bond acceptors (Lipinski definition) is 11. The van der Waals surface area contributed by atoms with Gasteiger partial charge in [0.2, 0.25) is 11.8 Å². The second kappa shape index (κ2) is 13.3. The van der Waals surface area contributed by atoms with Crippen LogP contribution in [0.5, 0.6) is 5.88 Å². The van der Waals surface area contributed by atoms with Gasteiger partial charge in [0.15, 0.2) is 17.4 Å². The molecule has 2 aromatic carbocycles. The molecule has 1 aliphatic heterocycles. The van der Waals surface area contributed by atoms with Crippen LogP contribution in [0.4, 0.5) is 5.95 Å². The molecule has 0 radical (unpaired) electrons. The van der Waals surface area contributed by atoms with Gasteiger partial charge in [0.1, 0.15) is 11.6 Å². The van der Waals surface area contributed by atoms with Gasteiger partial charge in [-0.15, -0.1) is 0 Å². The van der Waals surface area contributed by atoms with Crippen LogP contribution in [-0.4, -0.2) is 55.6 Å². The van der Waals surface area contributed by atoms with E-state index in [1.54, 1.807) is 13.8 Å². The summed E-state index contributed by atoms with van der Waals surface area (Å²) >= 11 is 0. The number of nitrogens with zero attached hydrogens (tertiary/aromatic N) is 7. The van der Waals surface area contributed by atoms with Crippen LogP contribution in [0.1, 0.15) is 44.2 Å². The number of anilines is 1. The second-order valence-corrected chi connectivity index (χ2v) is 12.1. The predicted molar refractivity (Wildman–Crippen MR) is 161 cm³/mol. The van der Waals surface area contributed by atoms with Crippen LogP contribution in [0.15, 0.2) is 72.1 Å². The van der Waals surface area contributed by atoms with Gasteiger partial charge in [0.25, 0.3) is 0 Å². The number of aliphatic hydroxyl groups is 1. The molecule has 0 amide bonds. The van der Waals surface area contributed by atoms with Crippen LogP contribution in [0, 0.1) is 0 Å². The molecular formula is C28H34N9O6P. The van der Waals surface area contributed by atoms with E-state index in [-0.39, 0.29) is 30.6 Å². The molecule has 4 N–H and O–H groups in total. The van der Waals surface area contributed by atoms with Crippen molar-refractivity contribution >= 4 is 24.9 Å². The highest BCUT2D eigenvalue weighted by atomic mass is 31.2. The molecule has 2 aromatic heterocycles. The van der Waals surface area contributed by atoms with Crippen molar-refractivity contribution in [1.82, 2.24) is 24.6 Å². The quantitative estimate of drug-likeness (QED) is 0.0796. The lowest BCUT2D eigenvalue weighted by atomic mass is 9.93. The fourth-order valence-electron chi connectivity index (χ4n) is 4.96. The number of aliphatic hydroxyl groups excluding tert-OH is 1. The summed E-state index contributed by atoms with van der Waals surface area (Å²) in [5.74, 6) is 0.106. The number of hydrogen-bond donors (Lipinski definition) is 3. The Labute approximate surface area is 253 Å². The van der Waals surface area contributed by atoms with Gasteiger partial charge in [0, 0.05) is 11.5 Å². The normalized spacial score (nSPS) is 23.6. The molecule has 6 atom stereocenters. The molecule has 0 spiro atoms. The molecule has 1 aliphatic rings. The van der Waals surface area contributed by atoms with Gasteiger partial charge in [0.05, 0.1) is 31.7 Å². The lowest BCUT2D eigenvalue weighted by Crippen LogP contribution is -2.42. The Balaban J connectivity index is 1.41. The maximum atomic E-state index is 14.1. The standard InChI is InChI=1S/C28H34N9O6P/c1-4-40-25-22-24(33-27(29)34-25)37(17-31-22)26-28(3,35-36-30)23(38)21(42-26)16-41-44(39,32-15-19-11-7-5-8-12-19)43-18(2)20-13-9-6-10-14-20/h5-14,17-18,21,23,26,38H,4,15-16H2,1-3H3,(H,32,39)(H2,29,33,34)/t18?,21-,23-,26-,28?,44?/m1/s1. The van der Waals surface area contributed by atoms with Crippen LogP contribution in [0.2, 0.25) is 0 Å². The first-order valence-corrected chi connectivity index (χ1v) is 15.5. The minimum Gasteiger partial charge on any atom is -0.476 e. The zero-order valence-electron chi connectivity index (χ0n) is 24.4. The molecule has 3 heterocycles. The highest BCUT2D eigenvalue weighted by molar-refractivity contribution is 7.51. The minimum absolute atomic E-state index is 0.0678. The van der Waals surface area contributed by atoms with Crippen molar-refractivity contribution in [2.75, 3.05) is 18.9 Å². The van der Waals surface area contributed by atoms with Gasteiger partial charge < -0.3 is 20.3 Å². The Morgan fingerprint density at radius 1 is 1.23 bits per heavy atom. The first-order chi connectivity index (χ1) is 21.2. The number of rotatable bonds is 13. The van der Waals surface area contributed by atoms with Gasteiger partial charge in [-0.2, -0.15) is 9.97 Å². The summed E-state index contributed by atoms with van der Waals surface area (Å²) < 4.78 is 39.3. The summed E-state index contributed by atoms with van der Waals surface area (Å²) in [5, 5.41) is 18.2. The van der Waals surface area contributed by atoms with Crippen molar-refractivity contribution in [3.05, 3.63) is 88.6 Å². The number of imidazole rings is 1. The maximum absolute atomic E-state index is 14.1. The Morgan fingerprint density at radius 2 is 1.93 bits per heavy atom. The third kappa shape index (κ3) is 6.54. The summed E-state index contributed by atoms with van der Waals surface area (Å²) in [6, 6.07) is 18.7. The number of nitrogen functional groups attached to an aromatic ring is 1. The van der Waals surface area contributed by atoms with Crippen LogP contribution in [0.3, 0.4) is 0 Å². The molecule has 0 aliphatic carbocycles. The molecule has 15 nitrogen and oxygen atoms in total. The average molecular weight is 624 g/mol. The van der Waals surface area contributed by atoms with Gasteiger partial charge in [-0.05, 0) is 37.4 Å². The van der Waals surface area contributed by atoms with Crippen LogP contribution in [-0.2, 0) is 24.9 Å². The Bertz CT molecular complexity index is 1670. The topological polar surface area (TPSA) is 205 Å². The van der Waals surface area contributed by atoms with Gasteiger partial charge >= 0.3 is 7.75 Å². The van der Waals surface area contributed by atoms with Crippen LogP contribution >= 0.6 is 7.75 Å². The number of nitrogens with two attached hydrogens (primary N) is 1. The van der Waals surface area contributed by atoms with E-state index in [0.717, 1.165) is 11.1 Å². The van der Waals surface area contributed by atoms with Crippen molar-refractivity contribution in [2.45, 2.75) is 57.4 Å². The summed E-state index contributed by atoms with van der Waals surface area (Å²) in [6.45, 7) is 5.22. The summed E-state index contributed by atoms with van der Waals surface area (Å²) in [5.41, 5.74) is 16.0. The number of benzene rings is 2. The van der Waals surface area contributed by atoms with E-state index in [9.17, 15) is 15.2 Å². The molecule has 0 bridgehead atoms. The van der Waals surface area contributed by atoms with E-state index in [0.29, 0.717) is 12.1 Å². The molecule has 232 valence electrons. The maximum Gasteiger partial charge on any atom is 0.406 e. The minimum atomic E-state index is -4.00. The van der Waals surface area contributed by atoms with Crippen molar-refractivity contribution in [3.8, 4) is 5.88 Å². The molecule has 5 rings (SSSR count). The van der Waals surface area contributed by atoms with Gasteiger partial charge in [-0.25, -0.2) is 14.6 Å². The number of fused-ring (bicyclic) bond motifs is 1. The third-order valence-corrected chi connectivity index (χ3v) is 8.88. The number of ether oxygens (including phenoxy) is 2. The lowest BCUT2D eigenvalue weighted by Gasteiger charge is -2.28. The molecule has 44 heavy (non-hydrogen) atoms. The van der Waals surface area contributed by atoms with E-state index in [1.165, 1.54) is 17.8 Å². The second-order valence-electron chi connectivity index (χ2n) is 10.3. The Kier molecular flexibility index (Phi) is 9.47. The fraction of sp³-hybridized carbons (Fsp3) is 0.393. The van der Waals surface area contributed by atoms with Gasteiger partial charge in [-0.3, -0.25) is 13.6 Å². The molecule has 16 heteroatoms. The molecule has 3 unspecified atom stereocenters. The largest absolute Gasteiger partial charge is 0.476 e. The summed E-state index contributed by atoms with van der Waals surface area (Å²) in [4.78, 5) is 15.7. The van der Waals surface area contributed by atoms with E-state index in [2.05, 4.69) is 30.1 Å². The van der Waals surface area contributed by atoms with E-state index in [1.807, 2.05) is 60.7 Å². The van der Waals surface area contributed by atoms with Crippen molar-refractivity contribution < 1.29 is 28.2 Å². The number of aromatic nitrogens is 4. The molecule has 1 fully saturated rings. The molecule has 1 saturated heterocycles. The summed E-state index contributed by atoms with van der Waals surface area (Å²) in [6.07, 6.45) is -2.77.